The highest BCUT2D eigenvalue weighted by molar-refractivity contribution is 5.28. The Labute approximate surface area is 90.7 Å². The number of aliphatic hydroxyl groups excluding tert-OH is 1. The molecule has 1 fully saturated rings. The van der Waals surface area contributed by atoms with E-state index in [1.807, 2.05) is 0 Å². The van der Waals surface area contributed by atoms with E-state index in [2.05, 4.69) is 24.6 Å². The Hall–Kier alpha value is -0.800. The Bertz CT molecular complexity index is 338. The van der Waals surface area contributed by atoms with Gasteiger partial charge in [0.2, 0.25) is 0 Å². The summed E-state index contributed by atoms with van der Waals surface area (Å²) in [5.74, 6) is 0.600. The zero-order valence-electron chi connectivity index (χ0n) is 9.49. The minimum atomic E-state index is 0.142. The highest BCUT2D eigenvalue weighted by atomic mass is 16.5. The lowest BCUT2D eigenvalue weighted by Crippen LogP contribution is -2.16. The average molecular weight is 209 g/mol. The summed E-state index contributed by atoms with van der Waals surface area (Å²) >= 11 is 0. The first kappa shape index (κ1) is 10.7. The van der Waals surface area contributed by atoms with Crippen LogP contribution >= 0.6 is 0 Å². The molecule has 2 heterocycles. The lowest BCUT2D eigenvalue weighted by atomic mass is 9.96. The number of hydrogen-bond donors (Lipinski definition) is 1. The van der Waals surface area contributed by atoms with Crippen molar-refractivity contribution < 1.29 is 9.84 Å². The van der Waals surface area contributed by atoms with Crippen LogP contribution in [0.5, 0.6) is 0 Å². The molecule has 0 saturated carbocycles. The maximum atomic E-state index is 9.22. The molecular weight excluding hydrogens is 190 g/mol. The van der Waals surface area contributed by atoms with Crippen molar-refractivity contribution in [3.63, 3.8) is 0 Å². The first-order chi connectivity index (χ1) is 7.24. The van der Waals surface area contributed by atoms with Crippen molar-refractivity contribution in [2.75, 3.05) is 13.2 Å². The third kappa shape index (κ3) is 1.94. The summed E-state index contributed by atoms with van der Waals surface area (Å²) in [7, 11) is 2.08. The van der Waals surface area contributed by atoms with E-state index >= 15 is 0 Å². The molecule has 0 aromatic carbocycles. The number of aliphatic hydroxyl groups is 1. The van der Waals surface area contributed by atoms with Crippen LogP contribution in [0, 0.1) is 6.92 Å². The van der Waals surface area contributed by atoms with Crippen LogP contribution in [0.2, 0.25) is 0 Å². The Kier molecular flexibility index (Phi) is 3.12. The molecule has 1 saturated heterocycles. The van der Waals surface area contributed by atoms with Gasteiger partial charge in [-0.2, -0.15) is 0 Å². The molecule has 1 aliphatic heterocycles. The lowest BCUT2D eigenvalue weighted by Gasteiger charge is -2.22. The van der Waals surface area contributed by atoms with Gasteiger partial charge < -0.3 is 14.4 Å². The second kappa shape index (κ2) is 4.37. The zero-order valence-corrected chi connectivity index (χ0v) is 9.49. The molecule has 1 aromatic heterocycles. The van der Waals surface area contributed by atoms with Gasteiger partial charge in [-0.25, -0.2) is 0 Å². The normalized spacial score (nSPS) is 18.3. The summed E-state index contributed by atoms with van der Waals surface area (Å²) < 4.78 is 7.58. The van der Waals surface area contributed by atoms with Gasteiger partial charge in [-0.15, -0.1) is 0 Å². The molecule has 3 heteroatoms. The number of rotatable bonds is 2. The third-order valence-electron chi connectivity index (χ3n) is 3.49. The van der Waals surface area contributed by atoms with Crippen LogP contribution in [-0.4, -0.2) is 22.9 Å². The van der Waals surface area contributed by atoms with E-state index in [9.17, 15) is 5.11 Å². The van der Waals surface area contributed by atoms with E-state index < -0.39 is 0 Å². The second-order valence-electron chi connectivity index (χ2n) is 4.28. The summed E-state index contributed by atoms with van der Waals surface area (Å²) in [4.78, 5) is 0. The Balaban J connectivity index is 2.26. The molecule has 1 aromatic rings. The largest absolute Gasteiger partial charge is 0.392 e. The molecule has 0 aliphatic carbocycles. The van der Waals surface area contributed by atoms with Gasteiger partial charge in [-0.3, -0.25) is 0 Å². The van der Waals surface area contributed by atoms with Crippen molar-refractivity contribution in [1.82, 2.24) is 4.57 Å². The molecule has 0 spiro atoms. The quantitative estimate of drug-likeness (QED) is 0.804. The van der Waals surface area contributed by atoms with Crippen LogP contribution in [0.4, 0.5) is 0 Å². The fraction of sp³-hybridized carbons (Fsp3) is 0.667. The molecule has 0 radical (unpaired) electrons. The van der Waals surface area contributed by atoms with Crippen LogP contribution in [0.15, 0.2) is 6.07 Å². The summed E-state index contributed by atoms with van der Waals surface area (Å²) in [6, 6.07) is 2.14. The highest BCUT2D eigenvalue weighted by Crippen LogP contribution is 2.29. The summed E-state index contributed by atoms with van der Waals surface area (Å²) in [6.07, 6.45) is 2.20. The van der Waals surface area contributed by atoms with Gasteiger partial charge in [-0.1, -0.05) is 0 Å². The highest BCUT2D eigenvalue weighted by Gasteiger charge is 2.20. The van der Waals surface area contributed by atoms with Crippen LogP contribution in [0.1, 0.15) is 35.7 Å². The minimum absolute atomic E-state index is 0.142. The van der Waals surface area contributed by atoms with Gasteiger partial charge in [0.25, 0.3) is 0 Å². The van der Waals surface area contributed by atoms with Gasteiger partial charge in [0, 0.05) is 37.6 Å². The molecule has 2 rings (SSSR count). The standard InChI is InChI=1S/C12H19NO2/c1-9-11(8-14)7-12(13(9)2)10-3-5-15-6-4-10/h7,10,14H,3-6,8H2,1-2H3. The average Bonchev–Trinajstić information content (AvgIpc) is 2.57. The van der Waals surface area contributed by atoms with Gasteiger partial charge in [0.05, 0.1) is 6.61 Å². The molecule has 1 N–H and O–H groups in total. The summed E-state index contributed by atoms with van der Waals surface area (Å²) in [6.45, 7) is 3.93. The zero-order chi connectivity index (χ0) is 10.8. The number of aromatic nitrogens is 1. The van der Waals surface area contributed by atoms with Crippen molar-refractivity contribution in [3.05, 3.63) is 23.0 Å². The van der Waals surface area contributed by atoms with E-state index in [1.54, 1.807) is 0 Å². The van der Waals surface area contributed by atoms with E-state index in [4.69, 9.17) is 4.74 Å². The maximum absolute atomic E-state index is 9.22. The van der Waals surface area contributed by atoms with Gasteiger partial charge >= 0.3 is 0 Å². The number of nitrogens with zero attached hydrogens (tertiary/aromatic N) is 1. The van der Waals surface area contributed by atoms with Crippen molar-refractivity contribution in [1.29, 1.82) is 0 Å². The molecule has 0 atom stereocenters. The SMILES string of the molecule is Cc1c(CO)cc(C2CCOCC2)n1C. The van der Waals surface area contributed by atoms with Crippen molar-refractivity contribution in [3.8, 4) is 0 Å². The molecule has 3 nitrogen and oxygen atoms in total. The van der Waals surface area contributed by atoms with E-state index in [-0.39, 0.29) is 6.61 Å². The predicted molar refractivity (Wildman–Crippen MR) is 58.9 cm³/mol. The summed E-state index contributed by atoms with van der Waals surface area (Å²) in [5, 5.41) is 9.22. The number of hydrogen-bond acceptors (Lipinski definition) is 2. The molecule has 15 heavy (non-hydrogen) atoms. The Morgan fingerprint density at radius 1 is 1.47 bits per heavy atom. The van der Waals surface area contributed by atoms with Crippen molar-refractivity contribution in [2.45, 2.75) is 32.3 Å². The van der Waals surface area contributed by atoms with Crippen LogP contribution in [0.25, 0.3) is 0 Å². The third-order valence-corrected chi connectivity index (χ3v) is 3.49. The second-order valence-corrected chi connectivity index (χ2v) is 4.28. The molecule has 0 bridgehead atoms. The van der Waals surface area contributed by atoms with Gasteiger partial charge in [-0.05, 0) is 31.4 Å². The Morgan fingerprint density at radius 2 is 2.13 bits per heavy atom. The molecule has 84 valence electrons. The van der Waals surface area contributed by atoms with Crippen LogP contribution in [-0.2, 0) is 18.4 Å². The maximum Gasteiger partial charge on any atom is 0.0699 e. The lowest BCUT2D eigenvalue weighted by molar-refractivity contribution is 0.0839. The van der Waals surface area contributed by atoms with Crippen molar-refractivity contribution >= 4 is 0 Å². The molecule has 0 amide bonds. The minimum Gasteiger partial charge on any atom is -0.392 e. The van der Waals surface area contributed by atoms with E-state index in [0.717, 1.165) is 31.6 Å². The van der Waals surface area contributed by atoms with Gasteiger partial charge in [0.1, 0.15) is 0 Å². The topological polar surface area (TPSA) is 34.4 Å². The number of ether oxygens (including phenoxy) is 1. The summed E-state index contributed by atoms with van der Waals surface area (Å²) in [5.41, 5.74) is 3.58. The fourth-order valence-corrected chi connectivity index (χ4v) is 2.33. The van der Waals surface area contributed by atoms with E-state index in [0.29, 0.717) is 5.92 Å². The fourth-order valence-electron chi connectivity index (χ4n) is 2.33. The molecule has 1 aliphatic rings. The molecule has 0 unspecified atom stereocenters. The first-order valence-electron chi connectivity index (χ1n) is 5.57. The predicted octanol–water partition coefficient (Wildman–Crippen LogP) is 1.72. The van der Waals surface area contributed by atoms with Crippen LogP contribution < -0.4 is 0 Å². The Morgan fingerprint density at radius 3 is 2.67 bits per heavy atom. The monoisotopic (exact) mass is 209 g/mol. The van der Waals surface area contributed by atoms with Crippen LogP contribution in [0.3, 0.4) is 0 Å². The molecular formula is C12H19NO2. The van der Waals surface area contributed by atoms with E-state index in [1.165, 1.54) is 11.4 Å². The van der Waals surface area contributed by atoms with Gasteiger partial charge in [0.15, 0.2) is 0 Å². The smallest absolute Gasteiger partial charge is 0.0699 e. The van der Waals surface area contributed by atoms with Crippen molar-refractivity contribution in [2.24, 2.45) is 7.05 Å². The first-order valence-corrected chi connectivity index (χ1v) is 5.57.